The van der Waals surface area contributed by atoms with Gasteiger partial charge in [-0.05, 0) is 71.8 Å². The summed E-state index contributed by atoms with van der Waals surface area (Å²) in [4.78, 5) is 17.4. The Morgan fingerprint density at radius 1 is 0.973 bits per heavy atom. The van der Waals surface area contributed by atoms with Crippen LogP contribution in [0.15, 0.2) is 77.2 Å². The molecule has 6 rings (SSSR count). The Kier molecular flexibility index (Phi) is 6.22. The Hall–Kier alpha value is -3.61. The van der Waals surface area contributed by atoms with E-state index in [-0.39, 0.29) is 5.91 Å². The number of carbonyl (C=O) groups is 1. The largest absolute Gasteiger partial charge is 0.497 e. The minimum absolute atomic E-state index is 0.0863. The number of likely N-dealkylation sites (tertiary alicyclic amines) is 1. The molecule has 3 heterocycles. The van der Waals surface area contributed by atoms with E-state index >= 15 is 0 Å². The molecule has 6 nitrogen and oxygen atoms in total. The van der Waals surface area contributed by atoms with Crippen molar-refractivity contribution in [1.82, 2.24) is 9.80 Å². The van der Waals surface area contributed by atoms with Crippen molar-refractivity contribution < 1.29 is 19.1 Å². The number of hydrogen-bond donors (Lipinski definition) is 1. The predicted octanol–water partition coefficient (Wildman–Crippen LogP) is 5.12. The van der Waals surface area contributed by atoms with Crippen LogP contribution in [0, 0.1) is 0 Å². The summed E-state index contributed by atoms with van der Waals surface area (Å²) in [5, 5.41) is 12.4. The normalized spacial score (nSPS) is 17.5. The third-order valence-corrected chi connectivity index (χ3v) is 7.91. The highest BCUT2D eigenvalue weighted by Gasteiger charge is 2.34. The van der Waals surface area contributed by atoms with Gasteiger partial charge in [0.25, 0.3) is 5.91 Å². The molecule has 6 heteroatoms. The highest BCUT2D eigenvalue weighted by Crippen LogP contribution is 2.36. The zero-order valence-corrected chi connectivity index (χ0v) is 21.2. The number of ether oxygens (including phenoxy) is 1. The first-order valence-electron chi connectivity index (χ1n) is 13.0. The predicted molar refractivity (Wildman–Crippen MR) is 143 cm³/mol. The second-order valence-corrected chi connectivity index (χ2v) is 10.3. The number of fused-ring (bicyclic) bond motifs is 2. The van der Waals surface area contributed by atoms with Crippen LogP contribution in [0.1, 0.15) is 45.7 Å². The number of piperidine rings is 1. The van der Waals surface area contributed by atoms with Gasteiger partial charge in [0.2, 0.25) is 0 Å². The van der Waals surface area contributed by atoms with Crippen molar-refractivity contribution in [3.8, 4) is 5.75 Å². The van der Waals surface area contributed by atoms with E-state index < -0.39 is 5.60 Å². The molecule has 0 aliphatic carbocycles. The van der Waals surface area contributed by atoms with Gasteiger partial charge < -0.3 is 19.2 Å². The lowest BCUT2D eigenvalue weighted by Crippen LogP contribution is -2.42. The van der Waals surface area contributed by atoms with Crippen LogP contribution < -0.4 is 4.74 Å². The molecule has 3 aromatic carbocycles. The van der Waals surface area contributed by atoms with E-state index in [2.05, 4.69) is 29.2 Å². The monoisotopic (exact) mass is 496 g/mol. The molecule has 37 heavy (non-hydrogen) atoms. The summed E-state index contributed by atoms with van der Waals surface area (Å²) in [5.74, 6) is 1.13. The Balaban J connectivity index is 1.14. The van der Waals surface area contributed by atoms with E-state index in [1.54, 1.807) is 7.11 Å². The highest BCUT2D eigenvalue weighted by atomic mass is 16.5. The smallest absolute Gasteiger partial charge is 0.289 e. The van der Waals surface area contributed by atoms with Crippen LogP contribution in [-0.4, -0.2) is 47.6 Å². The molecule has 2 aliphatic heterocycles. The minimum Gasteiger partial charge on any atom is -0.497 e. The van der Waals surface area contributed by atoms with Crippen molar-refractivity contribution in [2.24, 2.45) is 0 Å². The standard InChI is InChI=1S/C31H32N2O4/c1-36-27-8-4-5-22(17-27)20-32-15-12-31(35,13-16-32)26-9-10-28-25(18-26)19-29(37-28)30(34)33-14-11-23-6-2-3-7-24(23)21-33/h2-10,17-19,35H,11-16,20-21H2,1H3. The van der Waals surface area contributed by atoms with Gasteiger partial charge in [0.1, 0.15) is 11.3 Å². The van der Waals surface area contributed by atoms with Gasteiger partial charge in [-0.25, -0.2) is 0 Å². The van der Waals surface area contributed by atoms with Crippen LogP contribution in [-0.2, 0) is 25.1 Å². The van der Waals surface area contributed by atoms with Crippen molar-refractivity contribution in [2.45, 2.75) is 38.0 Å². The van der Waals surface area contributed by atoms with Crippen LogP contribution >= 0.6 is 0 Å². The maximum Gasteiger partial charge on any atom is 0.289 e. The van der Waals surface area contributed by atoms with Crippen LogP contribution in [0.25, 0.3) is 11.0 Å². The Bertz CT molecular complexity index is 1430. The van der Waals surface area contributed by atoms with Crippen molar-refractivity contribution in [3.63, 3.8) is 0 Å². The number of hydrogen-bond acceptors (Lipinski definition) is 5. The second-order valence-electron chi connectivity index (χ2n) is 10.3. The molecule has 1 aromatic heterocycles. The van der Waals surface area contributed by atoms with Gasteiger partial charge in [-0.1, -0.05) is 42.5 Å². The van der Waals surface area contributed by atoms with Crippen LogP contribution in [0.2, 0.25) is 0 Å². The summed E-state index contributed by atoms with van der Waals surface area (Å²) < 4.78 is 11.3. The third kappa shape index (κ3) is 4.75. The van der Waals surface area contributed by atoms with Gasteiger partial charge in [0.15, 0.2) is 5.76 Å². The fourth-order valence-electron chi connectivity index (χ4n) is 5.66. The summed E-state index contributed by atoms with van der Waals surface area (Å²) in [7, 11) is 1.68. The number of nitrogens with zero attached hydrogens (tertiary/aromatic N) is 2. The zero-order chi connectivity index (χ0) is 25.4. The Morgan fingerprint density at radius 2 is 1.78 bits per heavy atom. The molecular weight excluding hydrogens is 464 g/mol. The summed E-state index contributed by atoms with van der Waals surface area (Å²) >= 11 is 0. The van der Waals surface area contributed by atoms with Gasteiger partial charge >= 0.3 is 0 Å². The molecule has 0 spiro atoms. The van der Waals surface area contributed by atoms with E-state index in [0.717, 1.165) is 42.8 Å². The van der Waals surface area contributed by atoms with Crippen molar-refractivity contribution in [3.05, 3.63) is 101 Å². The number of furan rings is 1. The number of carbonyl (C=O) groups excluding carboxylic acids is 1. The molecule has 0 unspecified atom stereocenters. The highest BCUT2D eigenvalue weighted by molar-refractivity contribution is 5.96. The SMILES string of the molecule is COc1cccc(CN2CCC(O)(c3ccc4oc(C(=O)N5CCc6ccccc6C5)cc4c3)CC2)c1. The van der Waals surface area contributed by atoms with Crippen molar-refractivity contribution in [2.75, 3.05) is 26.7 Å². The van der Waals surface area contributed by atoms with Crippen molar-refractivity contribution >= 4 is 16.9 Å². The summed E-state index contributed by atoms with van der Waals surface area (Å²) in [6.07, 6.45) is 2.16. The lowest BCUT2D eigenvalue weighted by atomic mass is 9.84. The molecule has 0 atom stereocenters. The van der Waals surface area contributed by atoms with Gasteiger partial charge in [-0.15, -0.1) is 0 Å². The summed E-state index contributed by atoms with van der Waals surface area (Å²) in [5.41, 5.74) is 4.37. The van der Waals surface area contributed by atoms with E-state index in [1.165, 1.54) is 16.7 Å². The number of rotatable bonds is 5. The Labute approximate surface area is 217 Å². The van der Waals surface area contributed by atoms with E-state index in [4.69, 9.17) is 9.15 Å². The molecule has 0 radical (unpaired) electrons. The van der Waals surface area contributed by atoms with Gasteiger partial charge in [-0.3, -0.25) is 9.69 Å². The van der Waals surface area contributed by atoms with Gasteiger partial charge in [0.05, 0.1) is 12.7 Å². The van der Waals surface area contributed by atoms with E-state index in [9.17, 15) is 9.90 Å². The fourth-order valence-corrected chi connectivity index (χ4v) is 5.66. The molecular formula is C31H32N2O4. The van der Waals surface area contributed by atoms with Crippen LogP contribution in [0.5, 0.6) is 5.75 Å². The van der Waals surface area contributed by atoms with Gasteiger partial charge in [-0.2, -0.15) is 0 Å². The Morgan fingerprint density at radius 3 is 2.59 bits per heavy atom. The fraction of sp³-hybridized carbons (Fsp3) is 0.323. The zero-order valence-electron chi connectivity index (χ0n) is 21.2. The maximum atomic E-state index is 13.2. The lowest BCUT2D eigenvalue weighted by molar-refractivity contribution is -0.0276. The molecule has 190 valence electrons. The number of aliphatic hydroxyl groups is 1. The van der Waals surface area contributed by atoms with Crippen LogP contribution in [0.4, 0.5) is 0 Å². The molecule has 1 amide bonds. The quantitative estimate of drug-likeness (QED) is 0.415. The number of methoxy groups -OCH3 is 1. The molecule has 0 saturated carbocycles. The molecule has 4 aromatic rings. The number of amides is 1. The minimum atomic E-state index is -0.892. The summed E-state index contributed by atoms with van der Waals surface area (Å²) in [6, 6.07) is 24.1. The topological polar surface area (TPSA) is 66.2 Å². The number of benzene rings is 3. The second kappa shape index (κ2) is 9.69. The van der Waals surface area contributed by atoms with E-state index in [1.807, 2.05) is 53.4 Å². The molecule has 1 fully saturated rings. The molecule has 1 saturated heterocycles. The molecule has 2 aliphatic rings. The third-order valence-electron chi connectivity index (χ3n) is 7.91. The average molecular weight is 497 g/mol. The van der Waals surface area contributed by atoms with E-state index in [0.29, 0.717) is 37.3 Å². The average Bonchev–Trinajstić information content (AvgIpc) is 3.37. The first kappa shape index (κ1) is 23.8. The lowest BCUT2D eigenvalue weighted by Gasteiger charge is -2.38. The maximum absolute atomic E-state index is 13.2. The van der Waals surface area contributed by atoms with Gasteiger partial charge in [0, 0.05) is 38.1 Å². The first-order valence-corrected chi connectivity index (χ1v) is 13.0. The first-order chi connectivity index (χ1) is 18.0. The van der Waals surface area contributed by atoms with Crippen molar-refractivity contribution in [1.29, 1.82) is 0 Å². The summed E-state index contributed by atoms with van der Waals surface area (Å²) in [6.45, 7) is 3.72. The van der Waals surface area contributed by atoms with Crippen LogP contribution in [0.3, 0.4) is 0 Å². The molecule has 1 N–H and O–H groups in total. The molecule has 0 bridgehead atoms.